The molecular formula is C9H12Na2O4S. The fourth-order valence-corrected chi connectivity index (χ4v) is 0.838. The molecule has 16 heavy (non-hydrogen) atoms. The van der Waals surface area contributed by atoms with Crippen molar-refractivity contribution in [1.82, 2.24) is 0 Å². The summed E-state index contributed by atoms with van der Waals surface area (Å²) in [4.78, 5) is 0. The molecule has 0 aliphatic heterocycles. The van der Waals surface area contributed by atoms with Gasteiger partial charge in [0.2, 0.25) is 0 Å². The van der Waals surface area contributed by atoms with Crippen molar-refractivity contribution in [3.05, 3.63) is 35.9 Å². The van der Waals surface area contributed by atoms with Crippen LogP contribution in [0.3, 0.4) is 0 Å². The molecule has 0 fully saturated rings. The third kappa shape index (κ3) is 17.5. The van der Waals surface area contributed by atoms with E-state index in [1.54, 1.807) is 0 Å². The van der Waals surface area contributed by atoms with Crippen LogP contribution in [0.15, 0.2) is 30.3 Å². The summed E-state index contributed by atoms with van der Waals surface area (Å²) in [6.45, 7) is 4.41. The summed E-state index contributed by atoms with van der Waals surface area (Å²) < 4.78 is 34.1. The van der Waals surface area contributed by atoms with Crippen LogP contribution in [0, 0.1) is 0 Å². The van der Waals surface area contributed by atoms with Crippen LogP contribution in [0.1, 0.15) is 25.3 Å². The van der Waals surface area contributed by atoms with E-state index in [1.165, 1.54) is 5.56 Å². The zero-order valence-corrected chi connectivity index (χ0v) is 14.8. The molecule has 0 amide bonds. The maximum atomic E-state index is 8.52. The van der Waals surface area contributed by atoms with Gasteiger partial charge in [-0.2, -0.15) is 0 Å². The maximum Gasteiger partial charge on any atom is 1.00 e. The predicted octanol–water partition coefficient (Wildman–Crippen LogP) is -4.52. The molecule has 0 aliphatic rings. The molecule has 0 unspecified atom stereocenters. The number of benzene rings is 1. The van der Waals surface area contributed by atoms with E-state index in [4.69, 9.17) is 17.5 Å². The summed E-state index contributed by atoms with van der Waals surface area (Å²) in [5, 5.41) is 0. The third-order valence-corrected chi connectivity index (χ3v) is 1.47. The van der Waals surface area contributed by atoms with Crippen molar-refractivity contribution in [3.63, 3.8) is 0 Å². The van der Waals surface area contributed by atoms with E-state index in [9.17, 15) is 0 Å². The van der Waals surface area contributed by atoms with Gasteiger partial charge in [-0.15, -0.1) is 0 Å². The molecule has 7 heteroatoms. The molecule has 0 aliphatic carbocycles. The first-order chi connectivity index (χ1) is 6.30. The van der Waals surface area contributed by atoms with E-state index in [2.05, 4.69) is 38.1 Å². The van der Waals surface area contributed by atoms with Crippen LogP contribution in [-0.2, 0) is 10.4 Å². The van der Waals surface area contributed by atoms with Gasteiger partial charge in [-0.1, -0.05) is 44.2 Å². The van der Waals surface area contributed by atoms with E-state index in [0.29, 0.717) is 5.92 Å². The van der Waals surface area contributed by atoms with Crippen molar-refractivity contribution in [1.29, 1.82) is 0 Å². The van der Waals surface area contributed by atoms with E-state index in [-0.39, 0.29) is 59.1 Å². The molecule has 80 valence electrons. The number of hydrogen-bond acceptors (Lipinski definition) is 4. The Bertz CT molecular complexity index is 343. The molecule has 0 bridgehead atoms. The van der Waals surface area contributed by atoms with Gasteiger partial charge in [-0.05, 0) is 11.5 Å². The van der Waals surface area contributed by atoms with Crippen LogP contribution in [0.25, 0.3) is 0 Å². The molecule has 1 aromatic rings. The van der Waals surface area contributed by atoms with Gasteiger partial charge in [-0.25, -0.2) is 0 Å². The first-order valence-corrected chi connectivity index (χ1v) is 5.35. The summed E-state index contributed by atoms with van der Waals surface area (Å²) in [5.41, 5.74) is 1.41. The van der Waals surface area contributed by atoms with Gasteiger partial charge in [0.1, 0.15) is 0 Å². The average Bonchev–Trinajstić information content (AvgIpc) is 2.03. The van der Waals surface area contributed by atoms with Crippen LogP contribution in [0.5, 0.6) is 0 Å². The van der Waals surface area contributed by atoms with Gasteiger partial charge in [0.05, 0.1) is 0 Å². The quantitative estimate of drug-likeness (QED) is 0.290. The van der Waals surface area contributed by atoms with Crippen molar-refractivity contribution in [2.75, 3.05) is 0 Å². The van der Waals surface area contributed by atoms with E-state index in [0.717, 1.165) is 0 Å². The molecule has 0 aromatic heterocycles. The molecule has 0 heterocycles. The van der Waals surface area contributed by atoms with Crippen LogP contribution in [0.4, 0.5) is 0 Å². The Labute approximate surface area is 141 Å². The van der Waals surface area contributed by atoms with E-state index in [1.807, 2.05) is 6.07 Å². The van der Waals surface area contributed by atoms with E-state index < -0.39 is 10.4 Å². The van der Waals surface area contributed by atoms with Crippen molar-refractivity contribution < 1.29 is 76.6 Å². The van der Waals surface area contributed by atoms with Gasteiger partial charge >= 0.3 is 59.1 Å². The van der Waals surface area contributed by atoms with Gasteiger partial charge in [0, 0.05) is 10.4 Å². The van der Waals surface area contributed by atoms with Crippen LogP contribution in [-0.4, -0.2) is 17.5 Å². The molecule has 0 saturated heterocycles. The summed E-state index contributed by atoms with van der Waals surface area (Å²) in [6.07, 6.45) is 0. The monoisotopic (exact) mass is 262 g/mol. The van der Waals surface area contributed by atoms with Gasteiger partial charge in [-0.3, -0.25) is 8.42 Å². The predicted molar refractivity (Wildman–Crippen MR) is 51.0 cm³/mol. The minimum Gasteiger partial charge on any atom is -0.759 e. The first kappa shape index (κ1) is 22.3. The Kier molecular flexibility index (Phi) is 15.6. The molecular weight excluding hydrogens is 250 g/mol. The topological polar surface area (TPSA) is 80.3 Å². The minimum absolute atomic E-state index is 0. The Balaban J connectivity index is -0.000000214. The van der Waals surface area contributed by atoms with Crippen LogP contribution < -0.4 is 59.1 Å². The Morgan fingerprint density at radius 2 is 1.31 bits per heavy atom. The molecule has 0 spiro atoms. The second-order valence-corrected chi connectivity index (χ2v) is 3.79. The van der Waals surface area contributed by atoms with Crippen molar-refractivity contribution in [3.8, 4) is 0 Å². The smallest absolute Gasteiger partial charge is 0.759 e. The summed E-state index contributed by atoms with van der Waals surface area (Å²) >= 11 is 0. The number of rotatable bonds is 1. The molecule has 1 rings (SSSR count). The molecule has 0 atom stereocenters. The maximum absolute atomic E-state index is 8.52. The Morgan fingerprint density at radius 3 is 1.50 bits per heavy atom. The fourth-order valence-electron chi connectivity index (χ4n) is 0.838. The molecule has 1 aromatic carbocycles. The second-order valence-electron chi connectivity index (χ2n) is 2.97. The third-order valence-electron chi connectivity index (χ3n) is 1.47. The summed E-state index contributed by atoms with van der Waals surface area (Å²) in [7, 11) is -5.17. The van der Waals surface area contributed by atoms with Crippen molar-refractivity contribution in [2.24, 2.45) is 0 Å². The standard InChI is InChI=1S/C9H12.2Na.H2O4S/c1-8(2)9-6-4-3-5-7-9;;;1-5(2,3)4/h3-8H,1-2H3;;;(H2,1,2,3,4)/q;2*+1;/p-2. The summed E-state index contributed by atoms with van der Waals surface area (Å²) in [5.74, 6) is 0.659. The zero-order valence-electron chi connectivity index (χ0n) is 10.0. The van der Waals surface area contributed by atoms with Crippen molar-refractivity contribution >= 4 is 10.4 Å². The van der Waals surface area contributed by atoms with Crippen molar-refractivity contribution in [2.45, 2.75) is 19.8 Å². The first-order valence-electron chi connectivity index (χ1n) is 4.02. The largest absolute Gasteiger partial charge is 1.00 e. The normalized spacial score (nSPS) is 9.31. The molecule has 0 saturated carbocycles. The van der Waals surface area contributed by atoms with E-state index >= 15 is 0 Å². The number of hydrogen-bond donors (Lipinski definition) is 0. The molecule has 4 nitrogen and oxygen atoms in total. The SMILES string of the molecule is CC(C)c1ccccc1.O=S(=O)([O-])[O-].[Na+].[Na+]. The summed E-state index contributed by atoms with van der Waals surface area (Å²) in [6, 6.07) is 10.5. The minimum atomic E-state index is -5.17. The fraction of sp³-hybridized carbons (Fsp3) is 0.333. The second kappa shape index (κ2) is 11.2. The van der Waals surface area contributed by atoms with Gasteiger partial charge in [0.15, 0.2) is 0 Å². The van der Waals surface area contributed by atoms with Gasteiger partial charge in [0.25, 0.3) is 0 Å². The molecule has 0 radical (unpaired) electrons. The van der Waals surface area contributed by atoms with Gasteiger partial charge < -0.3 is 9.11 Å². The van der Waals surface area contributed by atoms with Crippen LogP contribution >= 0.6 is 0 Å². The average molecular weight is 262 g/mol. The Hall–Kier alpha value is 1.09. The Morgan fingerprint density at radius 1 is 1.00 bits per heavy atom. The van der Waals surface area contributed by atoms with Crippen LogP contribution in [0.2, 0.25) is 0 Å². The zero-order chi connectivity index (χ0) is 11.2. The molecule has 0 N–H and O–H groups in total.